The number of fused-ring (bicyclic) bond motifs is 1. The molecule has 15 heavy (non-hydrogen) atoms. The van der Waals surface area contributed by atoms with Crippen LogP contribution >= 0.6 is 0 Å². The molecule has 0 bridgehead atoms. The zero-order valence-corrected chi connectivity index (χ0v) is 9.40. The number of carbonyl (C=O) groups excluding carboxylic acids is 2. The number of rotatable bonds is 1. The summed E-state index contributed by atoms with van der Waals surface area (Å²) in [7, 11) is 0. The molecule has 1 unspecified atom stereocenters. The topological polar surface area (TPSA) is 46.6 Å². The van der Waals surface area contributed by atoms with E-state index in [1.165, 1.54) is 6.92 Å². The highest BCUT2D eigenvalue weighted by molar-refractivity contribution is 5.78. The first-order chi connectivity index (χ1) is 6.94. The van der Waals surface area contributed by atoms with Gasteiger partial charge in [0.1, 0.15) is 12.3 Å². The predicted octanol–water partition coefficient (Wildman–Crippen LogP) is 0.600. The van der Waals surface area contributed by atoms with E-state index in [0.717, 1.165) is 12.7 Å². The molecule has 3 atom stereocenters. The van der Waals surface area contributed by atoms with Crippen LogP contribution in [0, 0.1) is 5.92 Å². The number of hydrogen-bond acceptors (Lipinski definition) is 3. The second-order valence-electron chi connectivity index (χ2n) is 5.10. The SMILES string of the molecule is CC(=O)N1C[C@@H]2CC(C)(C)OC2[C@H]1C=O. The van der Waals surface area contributed by atoms with Crippen molar-refractivity contribution in [2.75, 3.05) is 6.54 Å². The van der Waals surface area contributed by atoms with Crippen molar-refractivity contribution in [3.05, 3.63) is 0 Å². The van der Waals surface area contributed by atoms with E-state index in [1.54, 1.807) is 4.90 Å². The summed E-state index contributed by atoms with van der Waals surface area (Å²) in [5, 5.41) is 0. The van der Waals surface area contributed by atoms with Gasteiger partial charge < -0.3 is 14.4 Å². The molecule has 2 fully saturated rings. The van der Waals surface area contributed by atoms with Gasteiger partial charge in [-0.05, 0) is 20.3 Å². The molecule has 0 aromatic rings. The number of carbonyl (C=O) groups is 2. The molecular formula is C11H17NO3. The van der Waals surface area contributed by atoms with Gasteiger partial charge in [0.2, 0.25) is 5.91 Å². The van der Waals surface area contributed by atoms with Gasteiger partial charge in [-0.1, -0.05) is 0 Å². The number of amides is 1. The molecule has 2 aliphatic heterocycles. The molecular weight excluding hydrogens is 194 g/mol. The third kappa shape index (κ3) is 1.67. The van der Waals surface area contributed by atoms with Crippen molar-refractivity contribution in [1.82, 2.24) is 4.90 Å². The monoisotopic (exact) mass is 211 g/mol. The second kappa shape index (κ2) is 3.30. The van der Waals surface area contributed by atoms with Gasteiger partial charge in [0.05, 0.1) is 11.7 Å². The maximum atomic E-state index is 11.3. The van der Waals surface area contributed by atoms with E-state index < -0.39 is 0 Å². The quantitative estimate of drug-likeness (QED) is 0.597. The highest BCUT2D eigenvalue weighted by Crippen LogP contribution is 2.41. The van der Waals surface area contributed by atoms with Crippen LogP contribution in [-0.2, 0) is 14.3 Å². The van der Waals surface area contributed by atoms with Crippen LogP contribution in [0.1, 0.15) is 27.2 Å². The van der Waals surface area contributed by atoms with E-state index in [2.05, 4.69) is 0 Å². The minimum atomic E-state index is -0.380. The Morgan fingerprint density at radius 1 is 1.53 bits per heavy atom. The first kappa shape index (κ1) is 10.6. The lowest BCUT2D eigenvalue weighted by Gasteiger charge is -2.26. The Labute approximate surface area is 89.6 Å². The van der Waals surface area contributed by atoms with Gasteiger partial charge in [0.15, 0.2) is 0 Å². The lowest BCUT2D eigenvalue weighted by atomic mass is 9.95. The molecule has 0 radical (unpaired) electrons. The molecule has 2 heterocycles. The van der Waals surface area contributed by atoms with Crippen LogP contribution in [0.15, 0.2) is 0 Å². The standard InChI is InChI=1S/C11H17NO3/c1-7(14)12-5-8-4-11(2,3)15-10(8)9(12)6-13/h6,8-10H,4-5H2,1-3H3/t8-,9+,10?/m0/s1. The van der Waals surface area contributed by atoms with Crippen LogP contribution < -0.4 is 0 Å². The smallest absolute Gasteiger partial charge is 0.220 e. The van der Waals surface area contributed by atoms with Crippen molar-refractivity contribution in [3.63, 3.8) is 0 Å². The molecule has 2 aliphatic rings. The number of ether oxygens (including phenoxy) is 1. The van der Waals surface area contributed by atoms with Gasteiger partial charge in [-0.15, -0.1) is 0 Å². The predicted molar refractivity (Wildman–Crippen MR) is 54.3 cm³/mol. The zero-order valence-electron chi connectivity index (χ0n) is 9.40. The average Bonchev–Trinajstić information content (AvgIpc) is 2.55. The van der Waals surface area contributed by atoms with Crippen molar-refractivity contribution in [2.45, 2.75) is 44.9 Å². The highest BCUT2D eigenvalue weighted by Gasteiger charge is 2.51. The summed E-state index contributed by atoms with van der Waals surface area (Å²) < 4.78 is 5.83. The Hall–Kier alpha value is -0.900. The van der Waals surface area contributed by atoms with Gasteiger partial charge in [0.25, 0.3) is 0 Å². The Balaban J connectivity index is 2.18. The van der Waals surface area contributed by atoms with E-state index in [1.807, 2.05) is 13.8 Å². The Morgan fingerprint density at radius 2 is 2.20 bits per heavy atom. The molecule has 0 saturated carbocycles. The van der Waals surface area contributed by atoms with Gasteiger partial charge in [0, 0.05) is 19.4 Å². The summed E-state index contributed by atoms with van der Waals surface area (Å²) in [6.07, 6.45) is 1.67. The zero-order chi connectivity index (χ0) is 11.2. The fourth-order valence-corrected chi connectivity index (χ4v) is 2.82. The van der Waals surface area contributed by atoms with Crippen LogP contribution in [0.4, 0.5) is 0 Å². The van der Waals surface area contributed by atoms with Crippen molar-refractivity contribution >= 4 is 12.2 Å². The number of aldehydes is 1. The molecule has 0 aromatic carbocycles. The maximum Gasteiger partial charge on any atom is 0.220 e. The van der Waals surface area contributed by atoms with Crippen LogP contribution in [0.3, 0.4) is 0 Å². The maximum absolute atomic E-state index is 11.3. The van der Waals surface area contributed by atoms with E-state index in [0.29, 0.717) is 12.5 Å². The van der Waals surface area contributed by atoms with Crippen LogP contribution in [0.25, 0.3) is 0 Å². The van der Waals surface area contributed by atoms with E-state index in [9.17, 15) is 9.59 Å². The number of nitrogens with zero attached hydrogens (tertiary/aromatic N) is 1. The lowest BCUT2D eigenvalue weighted by molar-refractivity contribution is -0.136. The van der Waals surface area contributed by atoms with Gasteiger partial charge in [-0.3, -0.25) is 4.79 Å². The molecule has 2 rings (SSSR count). The molecule has 0 spiro atoms. The minimum Gasteiger partial charge on any atom is -0.369 e. The first-order valence-corrected chi connectivity index (χ1v) is 5.35. The fourth-order valence-electron chi connectivity index (χ4n) is 2.82. The fraction of sp³-hybridized carbons (Fsp3) is 0.818. The third-order valence-corrected chi connectivity index (χ3v) is 3.35. The molecule has 4 heteroatoms. The van der Waals surface area contributed by atoms with E-state index in [4.69, 9.17) is 4.74 Å². The van der Waals surface area contributed by atoms with Gasteiger partial charge in [-0.25, -0.2) is 0 Å². The van der Waals surface area contributed by atoms with E-state index in [-0.39, 0.29) is 23.7 Å². The number of hydrogen-bond donors (Lipinski definition) is 0. The number of likely N-dealkylation sites (tertiary alicyclic amines) is 1. The molecule has 0 aliphatic carbocycles. The summed E-state index contributed by atoms with van der Waals surface area (Å²) in [5.74, 6) is 0.280. The van der Waals surface area contributed by atoms with Gasteiger partial charge >= 0.3 is 0 Å². The molecule has 84 valence electrons. The molecule has 1 amide bonds. The highest BCUT2D eigenvalue weighted by atomic mass is 16.5. The van der Waals surface area contributed by atoms with Crippen LogP contribution in [0.5, 0.6) is 0 Å². The van der Waals surface area contributed by atoms with Crippen molar-refractivity contribution in [3.8, 4) is 0 Å². The Morgan fingerprint density at radius 3 is 2.73 bits per heavy atom. The average molecular weight is 211 g/mol. The van der Waals surface area contributed by atoms with Crippen molar-refractivity contribution < 1.29 is 14.3 Å². The largest absolute Gasteiger partial charge is 0.369 e. The lowest BCUT2D eigenvalue weighted by Crippen LogP contribution is -2.41. The summed E-state index contributed by atoms with van der Waals surface area (Å²) in [4.78, 5) is 23.9. The molecule has 0 aromatic heterocycles. The van der Waals surface area contributed by atoms with Crippen LogP contribution in [0.2, 0.25) is 0 Å². The Bertz CT molecular complexity index is 300. The molecule has 4 nitrogen and oxygen atoms in total. The van der Waals surface area contributed by atoms with Crippen molar-refractivity contribution in [2.24, 2.45) is 5.92 Å². The minimum absolute atomic E-state index is 0.0390. The van der Waals surface area contributed by atoms with Crippen LogP contribution in [-0.4, -0.2) is 41.4 Å². The molecule has 2 saturated heterocycles. The first-order valence-electron chi connectivity index (χ1n) is 5.35. The Kier molecular flexibility index (Phi) is 2.34. The summed E-state index contributed by atoms with van der Waals surface area (Å²) in [5.41, 5.74) is -0.153. The third-order valence-electron chi connectivity index (χ3n) is 3.35. The van der Waals surface area contributed by atoms with Gasteiger partial charge in [-0.2, -0.15) is 0 Å². The van der Waals surface area contributed by atoms with Crippen molar-refractivity contribution in [1.29, 1.82) is 0 Å². The normalized spacial score (nSPS) is 37.8. The summed E-state index contributed by atoms with van der Waals surface area (Å²) >= 11 is 0. The second-order valence-corrected chi connectivity index (χ2v) is 5.10. The van der Waals surface area contributed by atoms with E-state index >= 15 is 0 Å². The summed E-state index contributed by atoms with van der Waals surface area (Å²) in [6, 6.07) is -0.380. The molecule has 0 N–H and O–H groups in total. The summed E-state index contributed by atoms with van der Waals surface area (Å²) in [6.45, 7) is 6.23.